The van der Waals surface area contributed by atoms with Crippen molar-refractivity contribution in [2.75, 3.05) is 18.5 Å². The molecule has 0 unspecified atom stereocenters. The van der Waals surface area contributed by atoms with Gasteiger partial charge in [-0.3, -0.25) is 4.79 Å². The summed E-state index contributed by atoms with van der Waals surface area (Å²) in [6.45, 7) is 6.52. The molecule has 0 spiro atoms. The largest absolute Gasteiger partial charge is 0.353 e. The van der Waals surface area contributed by atoms with Gasteiger partial charge in [0.25, 0.3) is 0 Å². The number of aromatic amines is 1. The van der Waals surface area contributed by atoms with Crippen LogP contribution in [0.3, 0.4) is 0 Å². The maximum absolute atomic E-state index is 13.7. The van der Waals surface area contributed by atoms with E-state index in [2.05, 4.69) is 20.6 Å². The number of rotatable bonds is 8. The quantitative estimate of drug-likeness (QED) is 0.298. The molecule has 2 aromatic heterocycles. The minimum Gasteiger partial charge on any atom is -0.353 e. The van der Waals surface area contributed by atoms with Crippen LogP contribution in [-0.4, -0.2) is 45.1 Å². The Morgan fingerprint density at radius 3 is 2.49 bits per heavy atom. The van der Waals surface area contributed by atoms with E-state index < -0.39 is 11.7 Å². The van der Waals surface area contributed by atoms with Crippen LogP contribution < -0.4 is 10.6 Å². The molecule has 10 heteroatoms. The van der Waals surface area contributed by atoms with Gasteiger partial charge in [-0.25, -0.2) is 19.3 Å². The minimum absolute atomic E-state index is 0.0119. The van der Waals surface area contributed by atoms with Crippen LogP contribution in [0.25, 0.3) is 22.6 Å². The lowest BCUT2D eigenvalue weighted by Gasteiger charge is -2.35. The highest BCUT2D eigenvalue weighted by molar-refractivity contribution is 5.83. The third-order valence-corrected chi connectivity index (χ3v) is 6.34. The molecule has 9 nitrogen and oxygen atoms in total. The van der Waals surface area contributed by atoms with E-state index in [9.17, 15) is 9.18 Å². The number of benzene rings is 2. The zero-order valence-corrected chi connectivity index (χ0v) is 22.1. The summed E-state index contributed by atoms with van der Waals surface area (Å²) in [5, 5.41) is 6.17. The van der Waals surface area contributed by atoms with Crippen molar-refractivity contribution in [2.45, 2.75) is 39.6 Å². The number of nitrogens with zero attached hydrogens (tertiary/aromatic N) is 3. The van der Waals surface area contributed by atoms with Gasteiger partial charge < -0.3 is 25.1 Å². The average Bonchev–Trinajstić information content (AvgIpc) is 3.39. The fourth-order valence-corrected chi connectivity index (χ4v) is 4.20. The first-order valence-electron chi connectivity index (χ1n) is 12.8. The van der Waals surface area contributed by atoms with Gasteiger partial charge in [-0.05, 0) is 56.7 Å². The molecule has 4 aromatic rings. The number of carbonyl (C=O) groups excluding carboxylic acids is 1. The van der Waals surface area contributed by atoms with Crippen LogP contribution in [-0.2, 0) is 20.8 Å². The van der Waals surface area contributed by atoms with Gasteiger partial charge >= 0.3 is 0 Å². The van der Waals surface area contributed by atoms with Crippen LogP contribution in [0, 0.1) is 11.2 Å². The van der Waals surface area contributed by atoms with Crippen molar-refractivity contribution in [3.63, 3.8) is 0 Å². The van der Waals surface area contributed by atoms with Crippen molar-refractivity contribution in [3.05, 3.63) is 84.1 Å². The van der Waals surface area contributed by atoms with Gasteiger partial charge in [0.05, 0.1) is 35.7 Å². The van der Waals surface area contributed by atoms with Crippen LogP contribution in [0.4, 0.5) is 10.3 Å². The van der Waals surface area contributed by atoms with Gasteiger partial charge in [0, 0.05) is 24.3 Å². The van der Waals surface area contributed by atoms with Crippen molar-refractivity contribution in [2.24, 2.45) is 5.41 Å². The predicted octanol–water partition coefficient (Wildman–Crippen LogP) is 4.86. The standard InChI is InChI=1S/C29H31FN6O3/c1-18(2)33-27(37)29(3)16-38-26(39-17-29)25-35-23(20-9-11-21(30)12-10-20)24(36-25)22-13-14-31-28(34-22)32-15-19-7-5-4-6-8-19/h4-14,18,26H,15-17H2,1-3H3,(H,33,37)(H,35,36)(H,31,32,34). The number of H-pyrrole nitrogens is 1. The number of carbonyl (C=O) groups is 1. The molecule has 39 heavy (non-hydrogen) atoms. The number of ether oxygens (including phenoxy) is 2. The Morgan fingerprint density at radius 1 is 1.08 bits per heavy atom. The molecule has 1 fully saturated rings. The highest BCUT2D eigenvalue weighted by Crippen LogP contribution is 2.35. The molecule has 3 heterocycles. The fraction of sp³-hybridized carbons (Fsp3) is 0.310. The maximum Gasteiger partial charge on any atom is 0.230 e. The lowest BCUT2D eigenvalue weighted by molar-refractivity contribution is -0.231. The first kappa shape index (κ1) is 26.5. The smallest absolute Gasteiger partial charge is 0.230 e. The summed E-state index contributed by atoms with van der Waals surface area (Å²) in [5.74, 6) is 0.408. The van der Waals surface area contributed by atoms with Gasteiger partial charge in [0.1, 0.15) is 5.82 Å². The lowest BCUT2D eigenvalue weighted by Crippen LogP contribution is -2.50. The van der Waals surface area contributed by atoms with Crippen LogP contribution in [0.1, 0.15) is 38.4 Å². The molecule has 0 saturated carbocycles. The van der Waals surface area contributed by atoms with E-state index in [0.29, 0.717) is 41.0 Å². The monoisotopic (exact) mass is 530 g/mol. The van der Waals surface area contributed by atoms with E-state index in [1.807, 2.05) is 51.1 Å². The fourth-order valence-electron chi connectivity index (χ4n) is 4.20. The summed E-state index contributed by atoms with van der Waals surface area (Å²) in [7, 11) is 0. The van der Waals surface area contributed by atoms with Crippen molar-refractivity contribution < 1.29 is 18.7 Å². The van der Waals surface area contributed by atoms with Gasteiger partial charge in [-0.2, -0.15) is 0 Å². The summed E-state index contributed by atoms with van der Waals surface area (Å²) < 4.78 is 25.6. The molecule has 1 aliphatic rings. The van der Waals surface area contributed by atoms with Gasteiger partial charge in [-0.15, -0.1) is 0 Å². The summed E-state index contributed by atoms with van der Waals surface area (Å²) in [6, 6.07) is 17.8. The van der Waals surface area contributed by atoms with E-state index in [1.54, 1.807) is 24.4 Å². The Kier molecular flexibility index (Phi) is 7.67. The molecule has 2 aromatic carbocycles. The number of hydrogen-bond donors (Lipinski definition) is 3. The average molecular weight is 531 g/mol. The van der Waals surface area contributed by atoms with Gasteiger partial charge in [0.2, 0.25) is 18.1 Å². The number of amides is 1. The molecule has 0 bridgehead atoms. The summed E-state index contributed by atoms with van der Waals surface area (Å²) in [4.78, 5) is 29.8. The number of aromatic nitrogens is 4. The van der Waals surface area contributed by atoms with Crippen LogP contribution >= 0.6 is 0 Å². The molecule has 0 atom stereocenters. The molecular weight excluding hydrogens is 499 g/mol. The third kappa shape index (κ3) is 6.13. The molecule has 1 aliphatic heterocycles. The molecule has 0 radical (unpaired) electrons. The molecule has 0 aliphatic carbocycles. The number of hydrogen-bond acceptors (Lipinski definition) is 7. The SMILES string of the molecule is CC(C)NC(=O)C1(C)COC(c2nc(-c3ccc(F)cc3)c(-c3ccnc(NCc4ccccc4)n3)[nH]2)OC1. The first-order chi connectivity index (χ1) is 18.8. The Bertz CT molecular complexity index is 1420. The van der Waals surface area contributed by atoms with Gasteiger partial charge in [-0.1, -0.05) is 30.3 Å². The number of nitrogens with one attached hydrogen (secondary N) is 3. The molecule has 1 saturated heterocycles. The van der Waals surface area contributed by atoms with Crippen molar-refractivity contribution in [1.82, 2.24) is 25.3 Å². The number of halogens is 1. The number of anilines is 1. The van der Waals surface area contributed by atoms with E-state index >= 15 is 0 Å². The molecular formula is C29H31FN6O3. The topological polar surface area (TPSA) is 114 Å². The number of imidazole rings is 1. The van der Waals surface area contributed by atoms with E-state index in [1.165, 1.54) is 12.1 Å². The normalized spacial score (nSPS) is 19.2. The second-order valence-corrected chi connectivity index (χ2v) is 10.1. The molecule has 5 rings (SSSR count). The lowest BCUT2D eigenvalue weighted by atomic mass is 9.90. The van der Waals surface area contributed by atoms with E-state index in [-0.39, 0.29) is 31.0 Å². The van der Waals surface area contributed by atoms with E-state index in [4.69, 9.17) is 19.4 Å². The predicted molar refractivity (Wildman–Crippen MR) is 145 cm³/mol. The Balaban J connectivity index is 1.41. The van der Waals surface area contributed by atoms with Crippen LogP contribution in [0.15, 0.2) is 66.9 Å². The highest BCUT2D eigenvalue weighted by atomic mass is 19.1. The highest BCUT2D eigenvalue weighted by Gasteiger charge is 2.41. The molecule has 1 amide bonds. The van der Waals surface area contributed by atoms with Crippen LogP contribution in [0.5, 0.6) is 0 Å². The maximum atomic E-state index is 13.7. The molecule has 202 valence electrons. The summed E-state index contributed by atoms with van der Waals surface area (Å²) >= 11 is 0. The Labute approximate surface area is 226 Å². The first-order valence-corrected chi connectivity index (χ1v) is 12.8. The van der Waals surface area contributed by atoms with Crippen molar-refractivity contribution in [1.29, 1.82) is 0 Å². The van der Waals surface area contributed by atoms with E-state index in [0.717, 1.165) is 5.56 Å². The third-order valence-electron chi connectivity index (χ3n) is 6.34. The Hall–Kier alpha value is -4.15. The summed E-state index contributed by atoms with van der Waals surface area (Å²) in [6.07, 6.45) is 0.854. The van der Waals surface area contributed by atoms with Crippen LogP contribution in [0.2, 0.25) is 0 Å². The van der Waals surface area contributed by atoms with Gasteiger partial charge in [0.15, 0.2) is 5.82 Å². The van der Waals surface area contributed by atoms with Crippen molar-refractivity contribution in [3.8, 4) is 22.6 Å². The second kappa shape index (κ2) is 11.3. The Morgan fingerprint density at radius 2 is 1.79 bits per heavy atom. The second-order valence-electron chi connectivity index (χ2n) is 10.1. The summed E-state index contributed by atoms with van der Waals surface area (Å²) in [5.41, 5.74) is 2.75. The molecule has 3 N–H and O–H groups in total. The zero-order chi connectivity index (χ0) is 27.4. The zero-order valence-electron chi connectivity index (χ0n) is 22.1. The van der Waals surface area contributed by atoms with Crippen molar-refractivity contribution >= 4 is 11.9 Å². The minimum atomic E-state index is -0.818.